The third-order valence-electron chi connectivity index (χ3n) is 20.1. The summed E-state index contributed by atoms with van der Waals surface area (Å²) < 4.78 is 45.1. The van der Waals surface area contributed by atoms with Gasteiger partial charge in [-0.15, -0.1) is 0 Å². The van der Waals surface area contributed by atoms with E-state index in [4.69, 9.17) is 27.3 Å². The van der Waals surface area contributed by atoms with E-state index in [1.165, 1.54) is 18.0 Å². The number of aromatic amines is 1. The number of H-pyrrole nitrogens is 1. The van der Waals surface area contributed by atoms with Crippen LogP contribution in [0.2, 0.25) is 0 Å². The predicted molar refractivity (Wildman–Crippen MR) is 439 cm³/mol. The molecule has 0 aliphatic carbocycles. The number of amides is 16. The van der Waals surface area contributed by atoms with E-state index in [2.05, 4.69) is 90.0 Å². The first-order valence-electron chi connectivity index (χ1n) is 39.2. The number of hydrogen-bond donors (Lipinski definition) is 19. The van der Waals surface area contributed by atoms with E-state index >= 15 is 19.2 Å². The Morgan fingerprint density at radius 1 is 0.721 bits per heavy atom. The summed E-state index contributed by atoms with van der Waals surface area (Å²) in [4.78, 5) is 245. The van der Waals surface area contributed by atoms with Crippen molar-refractivity contribution >= 4 is 144 Å². The summed E-state index contributed by atoms with van der Waals surface area (Å²) in [6.07, 6.45) is -5.07. The number of aliphatic hydroxyl groups excluding tert-OH is 1. The van der Waals surface area contributed by atoms with E-state index in [9.17, 15) is 80.4 Å². The van der Waals surface area contributed by atoms with Gasteiger partial charge in [0.2, 0.25) is 95.0 Å². The van der Waals surface area contributed by atoms with E-state index in [0.29, 0.717) is 45.3 Å². The van der Waals surface area contributed by atoms with Gasteiger partial charge in [-0.2, -0.15) is 0 Å². The number of hydrogen-bond acceptors (Lipinski definition) is 22. The van der Waals surface area contributed by atoms with Gasteiger partial charge in [0.15, 0.2) is 0 Å². The molecule has 666 valence electrons. The molecule has 44 heteroatoms. The lowest BCUT2D eigenvalue weighted by atomic mass is 9.85. The summed E-state index contributed by atoms with van der Waals surface area (Å²) in [6.45, 7) is 10.2. The van der Waals surface area contributed by atoms with E-state index in [0.717, 1.165) is 25.4 Å². The fraction of sp³-hybridized carbons (Fsp3) is 0.513. The molecule has 0 unspecified atom stereocenters. The smallest absolute Gasteiger partial charge is 0.338 e. The highest BCUT2D eigenvalue weighted by Crippen LogP contribution is 2.26. The van der Waals surface area contributed by atoms with Crippen LogP contribution in [0.5, 0.6) is 0 Å². The molecule has 42 nitrogen and oxygen atoms in total. The van der Waals surface area contributed by atoms with Crippen molar-refractivity contribution in [3.63, 3.8) is 0 Å². The maximum absolute atomic E-state index is 15.3. The van der Waals surface area contributed by atoms with Crippen molar-refractivity contribution < 1.29 is 110 Å². The van der Waals surface area contributed by atoms with E-state index < -0.39 is 245 Å². The molecule has 3 aromatic carbocycles. The quantitative estimate of drug-likeness (QED) is 0.00502. The molecule has 6 rings (SSSR count). The molecule has 2 aliphatic heterocycles. The van der Waals surface area contributed by atoms with Crippen molar-refractivity contribution in [1.29, 1.82) is 0 Å². The summed E-state index contributed by atoms with van der Waals surface area (Å²) in [5, 5.41) is 48.9. The van der Waals surface area contributed by atoms with Crippen LogP contribution in [0.1, 0.15) is 117 Å². The van der Waals surface area contributed by atoms with E-state index in [1.807, 2.05) is 0 Å². The molecule has 0 bridgehead atoms. The number of carbonyl (C=O) groups is 17. The Labute approximate surface area is 711 Å². The van der Waals surface area contributed by atoms with Gasteiger partial charge in [0, 0.05) is 60.8 Å². The largest absolute Gasteiger partial charge is 0.748 e. The maximum atomic E-state index is 15.3. The predicted octanol–water partition coefficient (Wildman–Crippen LogP) is -6.97. The second-order valence-electron chi connectivity index (χ2n) is 31.2. The number of rotatable bonds is 36. The summed E-state index contributed by atoms with van der Waals surface area (Å²) in [5.41, 5.74) is 17.4. The number of esters is 1. The van der Waals surface area contributed by atoms with Gasteiger partial charge in [-0.1, -0.05) is 111 Å². The second-order valence-corrected chi connectivity index (χ2v) is 33.6. The van der Waals surface area contributed by atoms with Crippen LogP contribution in [-0.2, 0) is 116 Å². The van der Waals surface area contributed by atoms with Crippen LogP contribution in [0.4, 0.5) is 0 Å². The van der Waals surface area contributed by atoms with Crippen LogP contribution in [0, 0.1) is 11.3 Å². The minimum atomic E-state index is -5.69. The van der Waals surface area contributed by atoms with Gasteiger partial charge in [0.05, 0.1) is 34.9 Å². The summed E-state index contributed by atoms with van der Waals surface area (Å²) >= 11 is 3.39. The first-order valence-corrected chi connectivity index (χ1v) is 41.6. The van der Waals surface area contributed by atoms with Crippen molar-refractivity contribution in [3.05, 3.63) is 106 Å². The second kappa shape index (κ2) is 45.5. The molecule has 0 radical (unpaired) electrons. The number of likely N-dealkylation sites (N-methyl/N-ethyl adjacent to an activating group) is 1. The summed E-state index contributed by atoms with van der Waals surface area (Å²) in [6, 6.07) is -0.848. The zero-order valence-electron chi connectivity index (χ0n) is 68.8. The van der Waals surface area contributed by atoms with E-state index in [1.54, 1.807) is 113 Å². The Kier molecular flexibility index (Phi) is 36.7. The minimum absolute atomic E-state index is 0.0140. The number of carbonyl (C=O) groups excluding carboxylic acids is 17. The van der Waals surface area contributed by atoms with Gasteiger partial charge in [0.1, 0.15) is 91.2 Å². The normalized spacial score (nSPS) is 20.4. The van der Waals surface area contributed by atoms with Crippen LogP contribution >= 0.6 is 15.9 Å². The van der Waals surface area contributed by atoms with Crippen LogP contribution in [-0.4, -0.2) is 263 Å². The molecule has 15 atom stereocenters. The van der Waals surface area contributed by atoms with Crippen molar-refractivity contribution in [1.82, 2.24) is 83.9 Å². The number of nitrogens with one attached hydrogen (secondary N) is 14. The number of guanidine groups is 1. The van der Waals surface area contributed by atoms with Gasteiger partial charge in [-0.05, 0) is 99.1 Å². The molecule has 0 spiro atoms. The highest BCUT2D eigenvalue weighted by atomic mass is 79.9. The molecule has 4 aromatic rings. The number of ether oxygens (including phenoxy) is 1. The van der Waals surface area contributed by atoms with Crippen molar-refractivity contribution in [2.75, 3.05) is 32.4 Å². The van der Waals surface area contributed by atoms with Crippen LogP contribution in [0.3, 0.4) is 0 Å². The monoisotopic (exact) mass is 1790 g/mol. The zero-order valence-corrected chi connectivity index (χ0v) is 71.2. The topological polar surface area (TPSA) is 659 Å². The maximum Gasteiger partial charge on any atom is 0.338 e. The lowest BCUT2D eigenvalue weighted by Gasteiger charge is -2.35. The summed E-state index contributed by atoms with van der Waals surface area (Å²) in [7, 11) is -4.74. The van der Waals surface area contributed by atoms with Gasteiger partial charge < -0.3 is 104 Å². The average molecular weight is 1790 g/mol. The van der Waals surface area contributed by atoms with Crippen LogP contribution < -0.4 is 91.7 Å². The van der Waals surface area contributed by atoms with Gasteiger partial charge in [-0.3, -0.25) is 98.0 Å². The van der Waals surface area contributed by atoms with E-state index in [-0.39, 0.29) is 51.2 Å². The first kappa shape index (κ1) is 98.6. The number of primary amides is 2. The Bertz CT molecular complexity index is 4610. The molecule has 1 aromatic heterocycles. The van der Waals surface area contributed by atoms with Gasteiger partial charge in [0.25, 0.3) is 0 Å². The molecular formula is C78H109BrN20O22S. The molecule has 0 saturated carbocycles. The Morgan fingerprint density at radius 3 is 1.96 bits per heavy atom. The fourth-order valence-electron chi connectivity index (χ4n) is 13.5. The SMILES string of the molecule is CC(C)[C@@H](NC(=O)[C@@H]1CCCN1C(=O)[C@H](Cc1ccc(Br)cc1)NC(=O)[C@@H](C)NC=O)C(=O)N[C@H](C(=O)N[C@H](Cc1c[nH]c2ccccc12)C(=O)N[C@@H](CCCNC(N)=[NH2+])C(=O)N[C@H](CS(=O)(=O)[O-])C(=O)N[C@@H]1C(=O)N(C)[C@@H](CCC(N)=O)C(=O)N[C@H](Cc2ccccc2)C(=O)N[C@@H]([C@@H](C)O)C(=O)N[C@@H](CC(N)=O)C(=O)NCC(=O)O[C@@H]1C)C(C)(C)C. The standard InChI is InChI=1S/C78H109BrN20O22S/c1-39(2)60(94-71(112)56-22-16-30-99(56)75(116)53(92-64(105)40(3)87-38-100)32-44-23-25-46(79)26-24-44)72(113)97-63(78(6,7)8)74(115)91-51(33-45-35-85-48-20-14-13-19-47(45)48)67(108)88-49(21-15-29-84-77(82)83)66(107)93-54(37-122(118,119)120)69(110)96-62-42(5)121-59(104)36-86-65(106)52(34-58(81)103)90-73(114)61(41(4)101)95-68(109)50(31-43-17-11-10-12-18-43)89-70(111)55(27-28-57(80)102)98(9)76(62)117/h10-14,17-20,23-26,35,38-42,49-56,60-63,85,101H,15-16,21-22,27-34,36-37H2,1-9H3,(H2,80,102)(H2,81,103)(H,86,106)(H,87,100)(H,88,108)(H,89,111)(H,90,114)(H,91,115)(H,92,105)(H,93,107)(H,94,112)(H,95,109)(H,96,110)(H,97,113)(H4,82,83,84)(H,118,119,120)/t40-,41-,42-,49+,50-,51-,52+,53+,54-,55+,56+,60-,61+,62+,63-/m1/s1. The average Bonchev–Trinajstić information content (AvgIpc) is 1.61. The number of nitrogens with two attached hydrogens (primary N) is 4. The number of benzene rings is 3. The lowest BCUT2D eigenvalue weighted by molar-refractivity contribution is -0.155. The number of halogens is 1. The van der Waals surface area contributed by atoms with Crippen molar-refractivity contribution in [2.24, 2.45) is 28.5 Å². The molecule has 3 heterocycles. The zero-order chi connectivity index (χ0) is 90.8. The third kappa shape index (κ3) is 29.9. The fourth-order valence-corrected chi connectivity index (χ4v) is 14.4. The summed E-state index contributed by atoms with van der Waals surface area (Å²) in [5.74, 6) is -21.0. The van der Waals surface area contributed by atoms with Crippen molar-refractivity contribution in [3.8, 4) is 0 Å². The first-order chi connectivity index (χ1) is 57.3. The number of likely N-dealkylation sites (tertiary alicyclic amines) is 1. The Balaban J connectivity index is 1.35. The number of aromatic nitrogens is 1. The Hall–Kier alpha value is -12.2. The number of cyclic esters (lactones) is 1. The number of aliphatic hydroxyl groups is 1. The number of nitrogens with zero attached hydrogens (tertiary/aromatic N) is 2. The molecule has 122 heavy (non-hydrogen) atoms. The highest BCUT2D eigenvalue weighted by molar-refractivity contribution is 9.10. The molecule has 2 aliphatic rings. The highest BCUT2D eigenvalue weighted by Gasteiger charge is 2.45. The molecule has 2 fully saturated rings. The molecule has 16 amide bonds. The minimum Gasteiger partial charge on any atom is -0.748 e. The molecule has 2 saturated heterocycles. The number of fused-ring (bicyclic) bond motifs is 1. The van der Waals surface area contributed by atoms with Gasteiger partial charge in [-0.25, -0.2) is 8.42 Å². The van der Waals surface area contributed by atoms with Crippen molar-refractivity contribution in [2.45, 2.75) is 210 Å². The third-order valence-corrected chi connectivity index (χ3v) is 21.4. The lowest BCUT2D eigenvalue weighted by Crippen LogP contribution is -2.64. The Morgan fingerprint density at radius 2 is 1.34 bits per heavy atom. The molecule has 23 N–H and O–H groups in total. The molecular weight excluding hydrogens is 1680 g/mol. The van der Waals surface area contributed by atoms with Crippen LogP contribution in [0.25, 0.3) is 10.9 Å². The van der Waals surface area contributed by atoms with Gasteiger partial charge >= 0.3 is 11.9 Å². The number of para-hydroxylation sites is 1. The van der Waals surface area contributed by atoms with Crippen LogP contribution in [0.15, 0.2) is 89.5 Å².